The predicted octanol–water partition coefficient (Wildman–Crippen LogP) is 5.28. The van der Waals surface area contributed by atoms with E-state index in [4.69, 9.17) is 9.47 Å². The molecule has 1 aliphatic heterocycles. The van der Waals surface area contributed by atoms with Gasteiger partial charge in [-0.2, -0.15) is 5.10 Å². The minimum atomic E-state index is -0.351. The van der Waals surface area contributed by atoms with Crippen molar-refractivity contribution in [3.63, 3.8) is 0 Å². The highest BCUT2D eigenvalue weighted by atomic mass is 32.2. The van der Waals surface area contributed by atoms with E-state index in [0.29, 0.717) is 22.5 Å². The number of aryl methyl sites for hydroxylation is 1. The van der Waals surface area contributed by atoms with Crippen LogP contribution in [0.25, 0.3) is 5.69 Å². The number of ether oxygens (including phenoxy) is 2. The molecule has 1 amide bonds. The summed E-state index contributed by atoms with van der Waals surface area (Å²) in [7, 11) is 0. The van der Waals surface area contributed by atoms with Crippen molar-refractivity contribution in [2.24, 2.45) is 5.10 Å². The van der Waals surface area contributed by atoms with Gasteiger partial charge in [-0.05, 0) is 62.7 Å². The number of hydrazone groups is 1. The number of hydrogen-bond acceptors (Lipinski definition) is 7. The van der Waals surface area contributed by atoms with E-state index in [0.717, 1.165) is 22.6 Å². The zero-order valence-electron chi connectivity index (χ0n) is 20.5. The molecular formula is C27H29N3O4S2. The summed E-state index contributed by atoms with van der Waals surface area (Å²) >= 11 is 3.91. The average molecular weight is 524 g/mol. The number of carbonyl (C=O) groups excluding carboxylic acids is 2. The van der Waals surface area contributed by atoms with Crippen LogP contribution in [0, 0.1) is 13.8 Å². The second-order valence-corrected chi connectivity index (χ2v) is 10.9. The van der Waals surface area contributed by atoms with Crippen molar-refractivity contribution in [2.75, 3.05) is 24.7 Å². The van der Waals surface area contributed by atoms with Gasteiger partial charge in [-0.15, -0.1) is 23.5 Å². The molecule has 1 saturated heterocycles. The van der Waals surface area contributed by atoms with Gasteiger partial charge in [-0.1, -0.05) is 18.2 Å². The van der Waals surface area contributed by atoms with Crippen LogP contribution in [0.15, 0.2) is 59.7 Å². The number of esters is 1. The molecule has 1 N–H and O–H groups in total. The molecule has 188 valence electrons. The standard InChI is InChI=1S/C27H29N3O4S2/c1-4-33-26(32)21-6-5-7-23(15-21)30-18(2)14-22(19(30)3)16-28-29-25(31)17-34-24-10-8-20(9-11-24)27-35-12-13-36-27/h5-11,14-16,27H,4,12-13,17H2,1-3H3,(H,29,31)/b28-16-. The average Bonchev–Trinajstić information content (AvgIpc) is 3.51. The second kappa shape index (κ2) is 12.2. The summed E-state index contributed by atoms with van der Waals surface area (Å²) in [5, 5.41) is 4.10. The maximum atomic E-state index is 12.2. The highest BCUT2D eigenvalue weighted by Gasteiger charge is 2.18. The molecule has 1 aromatic heterocycles. The fraction of sp³-hybridized carbons (Fsp3) is 0.296. The van der Waals surface area contributed by atoms with Crippen LogP contribution in [-0.2, 0) is 9.53 Å². The fourth-order valence-electron chi connectivity index (χ4n) is 3.93. The van der Waals surface area contributed by atoms with E-state index < -0.39 is 0 Å². The summed E-state index contributed by atoms with van der Waals surface area (Å²) in [6.45, 7) is 5.92. The van der Waals surface area contributed by atoms with Gasteiger partial charge < -0.3 is 14.0 Å². The summed E-state index contributed by atoms with van der Waals surface area (Å²) in [4.78, 5) is 24.3. The Morgan fingerprint density at radius 1 is 1.11 bits per heavy atom. The number of nitrogens with one attached hydrogen (secondary N) is 1. The van der Waals surface area contributed by atoms with Crippen LogP contribution in [0.4, 0.5) is 0 Å². The molecular weight excluding hydrogens is 494 g/mol. The summed E-state index contributed by atoms with van der Waals surface area (Å²) in [5.41, 5.74) is 7.90. The minimum absolute atomic E-state index is 0.122. The molecule has 3 aromatic rings. The van der Waals surface area contributed by atoms with Gasteiger partial charge >= 0.3 is 5.97 Å². The van der Waals surface area contributed by atoms with Crippen LogP contribution >= 0.6 is 23.5 Å². The SMILES string of the molecule is CCOC(=O)c1cccc(-n2c(C)cc(/C=N\NC(=O)COc3ccc(C4SCCS4)cc3)c2C)c1. The highest BCUT2D eigenvalue weighted by Crippen LogP contribution is 2.45. The first-order valence-corrected chi connectivity index (χ1v) is 13.8. The first-order valence-electron chi connectivity index (χ1n) is 11.7. The van der Waals surface area contributed by atoms with E-state index in [1.54, 1.807) is 25.3 Å². The fourth-order valence-corrected chi connectivity index (χ4v) is 6.79. The molecule has 1 fully saturated rings. The van der Waals surface area contributed by atoms with E-state index in [1.165, 1.54) is 17.1 Å². The number of thioether (sulfide) groups is 2. The lowest BCUT2D eigenvalue weighted by molar-refractivity contribution is -0.123. The molecule has 0 atom stereocenters. The van der Waals surface area contributed by atoms with Crippen molar-refractivity contribution in [1.29, 1.82) is 0 Å². The molecule has 0 bridgehead atoms. The first-order chi connectivity index (χ1) is 17.5. The van der Waals surface area contributed by atoms with E-state index in [9.17, 15) is 9.59 Å². The second-order valence-electron chi connectivity index (χ2n) is 8.16. The van der Waals surface area contributed by atoms with Crippen molar-refractivity contribution < 1.29 is 19.1 Å². The molecule has 1 aliphatic rings. The van der Waals surface area contributed by atoms with Crippen molar-refractivity contribution in [3.05, 3.63) is 82.7 Å². The van der Waals surface area contributed by atoms with Crippen LogP contribution < -0.4 is 10.2 Å². The van der Waals surface area contributed by atoms with E-state index in [1.807, 2.05) is 72.3 Å². The zero-order chi connectivity index (χ0) is 25.5. The van der Waals surface area contributed by atoms with E-state index in [2.05, 4.69) is 22.7 Å². The molecule has 0 saturated carbocycles. The third-order valence-electron chi connectivity index (χ3n) is 5.62. The molecule has 4 rings (SSSR count). The van der Waals surface area contributed by atoms with E-state index in [-0.39, 0.29) is 18.5 Å². The Morgan fingerprint density at radius 2 is 1.86 bits per heavy atom. The van der Waals surface area contributed by atoms with Gasteiger partial charge in [0.05, 0.1) is 23.0 Å². The maximum absolute atomic E-state index is 12.2. The van der Waals surface area contributed by atoms with Crippen molar-refractivity contribution in [3.8, 4) is 11.4 Å². The number of benzene rings is 2. The Hall–Kier alpha value is -3.17. The summed E-state index contributed by atoms with van der Waals surface area (Å²) < 4.78 is 13.2. The van der Waals surface area contributed by atoms with Gasteiger partial charge in [0.1, 0.15) is 5.75 Å². The number of rotatable bonds is 9. The highest BCUT2D eigenvalue weighted by molar-refractivity contribution is 8.19. The van der Waals surface area contributed by atoms with Gasteiger partial charge in [0.15, 0.2) is 6.61 Å². The van der Waals surface area contributed by atoms with Crippen LogP contribution in [-0.4, -0.2) is 47.4 Å². The van der Waals surface area contributed by atoms with Crippen LogP contribution in [0.2, 0.25) is 0 Å². The zero-order valence-corrected chi connectivity index (χ0v) is 22.2. The normalized spacial score (nSPS) is 13.8. The molecule has 2 aromatic carbocycles. The lowest BCUT2D eigenvalue weighted by Gasteiger charge is -2.11. The number of amides is 1. The van der Waals surface area contributed by atoms with E-state index >= 15 is 0 Å². The predicted molar refractivity (Wildman–Crippen MR) is 147 cm³/mol. The van der Waals surface area contributed by atoms with Crippen LogP contribution in [0.3, 0.4) is 0 Å². The Morgan fingerprint density at radius 3 is 2.58 bits per heavy atom. The van der Waals surface area contributed by atoms with Gasteiger partial charge in [-0.3, -0.25) is 4.79 Å². The Labute approximate surface area is 219 Å². The lowest BCUT2D eigenvalue weighted by Crippen LogP contribution is -2.24. The van der Waals surface area contributed by atoms with Crippen molar-refractivity contribution in [1.82, 2.24) is 9.99 Å². The molecule has 0 radical (unpaired) electrons. The Bertz CT molecular complexity index is 1250. The van der Waals surface area contributed by atoms with Crippen molar-refractivity contribution in [2.45, 2.75) is 25.4 Å². The quantitative estimate of drug-likeness (QED) is 0.234. The monoisotopic (exact) mass is 523 g/mol. The van der Waals surface area contributed by atoms with Crippen LogP contribution in [0.1, 0.15) is 44.4 Å². The molecule has 9 heteroatoms. The number of carbonyl (C=O) groups is 2. The lowest BCUT2D eigenvalue weighted by atomic mass is 10.2. The Balaban J connectivity index is 1.34. The van der Waals surface area contributed by atoms with Gasteiger partial charge in [0, 0.05) is 34.1 Å². The summed E-state index contributed by atoms with van der Waals surface area (Å²) in [6, 6.07) is 17.2. The van der Waals surface area contributed by atoms with Crippen molar-refractivity contribution >= 4 is 41.6 Å². The molecule has 0 spiro atoms. The smallest absolute Gasteiger partial charge is 0.338 e. The first kappa shape index (κ1) is 25.9. The largest absolute Gasteiger partial charge is 0.484 e. The number of nitrogens with zero attached hydrogens (tertiary/aromatic N) is 2. The van der Waals surface area contributed by atoms with Gasteiger partial charge in [0.2, 0.25) is 0 Å². The van der Waals surface area contributed by atoms with Gasteiger partial charge in [-0.25, -0.2) is 10.2 Å². The third kappa shape index (κ3) is 6.33. The number of hydrogen-bond donors (Lipinski definition) is 1. The van der Waals surface area contributed by atoms with Gasteiger partial charge in [0.25, 0.3) is 5.91 Å². The summed E-state index contributed by atoms with van der Waals surface area (Å²) in [6.07, 6.45) is 1.61. The van der Waals surface area contributed by atoms with Crippen LogP contribution in [0.5, 0.6) is 5.75 Å². The number of aromatic nitrogens is 1. The topological polar surface area (TPSA) is 81.9 Å². The molecule has 0 unspecified atom stereocenters. The third-order valence-corrected chi connectivity index (χ3v) is 8.73. The Kier molecular flexibility index (Phi) is 8.77. The minimum Gasteiger partial charge on any atom is -0.484 e. The maximum Gasteiger partial charge on any atom is 0.338 e. The molecule has 7 nitrogen and oxygen atoms in total. The summed E-state index contributed by atoms with van der Waals surface area (Å²) in [5.74, 6) is 2.32. The molecule has 36 heavy (non-hydrogen) atoms. The molecule has 2 heterocycles. The molecule has 0 aliphatic carbocycles.